The second kappa shape index (κ2) is 9.21. The molecule has 0 radical (unpaired) electrons. The Kier molecular flexibility index (Phi) is 6.21. The molecule has 3 aromatic rings. The molecule has 0 saturated carbocycles. The summed E-state index contributed by atoms with van der Waals surface area (Å²) in [6.07, 6.45) is 3.06. The average Bonchev–Trinajstić information content (AvgIpc) is 3.34. The molecule has 2 aromatic carbocycles. The lowest BCUT2D eigenvalue weighted by atomic mass is 9.93. The Morgan fingerprint density at radius 1 is 1.00 bits per heavy atom. The highest BCUT2D eigenvalue weighted by Crippen LogP contribution is 2.26. The molecule has 31 heavy (non-hydrogen) atoms. The Morgan fingerprint density at radius 2 is 1.81 bits per heavy atom. The van der Waals surface area contributed by atoms with E-state index in [0.717, 1.165) is 24.0 Å². The summed E-state index contributed by atoms with van der Waals surface area (Å²) >= 11 is 0. The van der Waals surface area contributed by atoms with Gasteiger partial charge in [-0.1, -0.05) is 48.5 Å². The number of piperidine rings is 1. The van der Waals surface area contributed by atoms with Crippen molar-refractivity contribution in [1.82, 2.24) is 10.2 Å². The van der Waals surface area contributed by atoms with Crippen LogP contribution in [0.2, 0.25) is 0 Å². The van der Waals surface area contributed by atoms with Crippen molar-refractivity contribution < 1.29 is 14.0 Å². The predicted molar refractivity (Wildman–Crippen MR) is 120 cm³/mol. The number of rotatable bonds is 5. The molecule has 1 aromatic heterocycles. The normalized spacial score (nSPS) is 17.2. The van der Waals surface area contributed by atoms with Crippen molar-refractivity contribution in [3.63, 3.8) is 0 Å². The van der Waals surface area contributed by atoms with Gasteiger partial charge in [0.2, 0.25) is 5.91 Å². The minimum Gasteiger partial charge on any atom is -0.459 e. The Balaban J connectivity index is 1.53. The monoisotopic (exact) mass is 416 g/mol. The maximum Gasteiger partial charge on any atom is 0.289 e. The molecule has 160 valence electrons. The maximum absolute atomic E-state index is 13.3. The molecule has 2 atom stereocenters. The molecule has 1 fully saturated rings. The van der Waals surface area contributed by atoms with Crippen LogP contribution in [0.15, 0.2) is 71.3 Å². The largest absolute Gasteiger partial charge is 0.459 e. The van der Waals surface area contributed by atoms with Crippen molar-refractivity contribution in [2.24, 2.45) is 5.92 Å². The topological polar surface area (TPSA) is 62.6 Å². The smallest absolute Gasteiger partial charge is 0.289 e. The van der Waals surface area contributed by atoms with E-state index >= 15 is 0 Å². The van der Waals surface area contributed by atoms with E-state index in [1.54, 1.807) is 17.0 Å². The fourth-order valence-corrected chi connectivity index (χ4v) is 4.14. The number of likely N-dealkylation sites (tertiary alicyclic amines) is 1. The summed E-state index contributed by atoms with van der Waals surface area (Å²) in [5.74, 6) is -0.107. The summed E-state index contributed by atoms with van der Waals surface area (Å²) in [4.78, 5) is 27.7. The maximum atomic E-state index is 13.3. The highest BCUT2D eigenvalue weighted by atomic mass is 16.3. The standard InChI is InChI=1S/C26H28N2O3/c1-18-12-13-21(16-19(18)2)24(20-8-4-3-5-9-20)27-25(29)22-10-6-14-28(17-22)26(30)23-11-7-15-31-23/h3-5,7-9,11-13,15-16,22,24H,6,10,14,17H2,1-2H3,(H,27,29). The minimum atomic E-state index is -0.245. The molecule has 0 bridgehead atoms. The van der Waals surface area contributed by atoms with Crippen LogP contribution in [0.3, 0.4) is 0 Å². The van der Waals surface area contributed by atoms with E-state index in [-0.39, 0.29) is 23.8 Å². The molecule has 1 aliphatic rings. The van der Waals surface area contributed by atoms with Crippen LogP contribution in [-0.4, -0.2) is 29.8 Å². The number of nitrogens with zero attached hydrogens (tertiary/aromatic N) is 1. The highest BCUT2D eigenvalue weighted by Gasteiger charge is 2.31. The number of nitrogens with one attached hydrogen (secondary N) is 1. The van der Waals surface area contributed by atoms with Gasteiger partial charge in [-0.3, -0.25) is 9.59 Å². The van der Waals surface area contributed by atoms with Gasteiger partial charge in [0.25, 0.3) is 5.91 Å². The number of amides is 2. The molecule has 0 spiro atoms. The Labute approximate surface area is 183 Å². The van der Waals surface area contributed by atoms with Crippen molar-refractivity contribution in [3.05, 3.63) is 94.9 Å². The zero-order valence-corrected chi connectivity index (χ0v) is 18.0. The predicted octanol–water partition coefficient (Wildman–Crippen LogP) is 4.65. The third-order valence-electron chi connectivity index (χ3n) is 6.10. The fraction of sp³-hybridized carbons (Fsp3) is 0.308. The van der Waals surface area contributed by atoms with Crippen LogP contribution in [0.4, 0.5) is 0 Å². The minimum absolute atomic E-state index is 0.0240. The van der Waals surface area contributed by atoms with Gasteiger partial charge in [-0.15, -0.1) is 0 Å². The third-order valence-corrected chi connectivity index (χ3v) is 6.10. The summed E-state index contributed by atoms with van der Waals surface area (Å²) in [6.45, 7) is 5.21. The Bertz CT molecular complexity index is 1040. The van der Waals surface area contributed by atoms with Gasteiger partial charge in [0, 0.05) is 13.1 Å². The summed E-state index contributed by atoms with van der Waals surface area (Å²) < 4.78 is 5.25. The van der Waals surface area contributed by atoms with E-state index in [9.17, 15) is 9.59 Å². The number of furan rings is 1. The lowest BCUT2D eigenvalue weighted by molar-refractivity contribution is -0.126. The van der Waals surface area contributed by atoms with Gasteiger partial charge in [0.15, 0.2) is 5.76 Å². The van der Waals surface area contributed by atoms with E-state index in [1.807, 2.05) is 30.3 Å². The second-order valence-electron chi connectivity index (χ2n) is 8.26. The molecule has 5 nitrogen and oxygen atoms in total. The molecule has 4 rings (SSSR count). The first-order chi connectivity index (χ1) is 15.0. The summed E-state index contributed by atoms with van der Waals surface area (Å²) in [5, 5.41) is 3.26. The molecule has 1 saturated heterocycles. The van der Waals surface area contributed by atoms with Crippen LogP contribution in [0.1, 0.15) is 51.7 Å². The van der Waals surface area contributed by atoms with Gasteiger partial charge in [-0.05, 0) is 61.1 Å². The van der Waals surface area contributed by atoms with Gasteiger partial charge in [0.1, 0.15) is 0 Å². The van der Waals surface area contributed by atoms with Gasteiger partial charge < -0.3 is 14.6 Å². The van der Waals surface area contributed by atoms with Crippen molar-refractivity contribution in [2.75, 3.05) is 13.1 Å². The van der Waals surface area contributed by atoms with Crippen LogP contribution < -0.4 is 5.32 Å². The lowest BCUT2D eigenvalue weighted by Gasteiger charge is -2.32. The van der Waals surface area contributed by atoms with E-state index < -0.39 is 0 Å². The van der Waals surface area contributed by atoms with Crippen LogP contribution in [-0.2, 0) is 4.79 Å². The van der Waals surface area contributed by atoms with E-state index in [2.05, 4.69) is 37.4 Å². The Hall–Kier alpha value is -3.34. The third kappa shape index (κ3) is 4.71. The van der Waals surface area contributed by atoms with E-state index in [0.29, 0.717) is 18.8 Å². The molecular weight excluding hydrogens is 388 g/mol. The molecule has 1 aliphatic heterocycles. The molecule has 0 aliphatic carbocycles. The first-order valence-electron chi connectivity index (χ1n) is 10.8. The van der Waals surface area contributed by atoms with Crippen LogP contribution in [0, 0.1) is 19.8 Å². The first kappa shape index (κ1) is 20.9. The molecule has 1 N–H and O–H groups in total. The van der Waals surface area contributed by atoms with Gasteiger partial charge >= 0.3 is 0 Å². The summed E-state index contributed by atoms with van der Waals surface area (Å²) in [6, 6.07) is 19.5. The van der Waals surface area contributed by atoms with Crippen LogP contribution in [0.5, 0.6) is 0 Å². The number of carbonyl (C=O) groups is 2. The van der Waals surface area contributed by atoms with Gasteiger partial charge in [0.05, 0.1) is 18.2 Å². The molecule has 2 unspecified atom stereocenters. The van der Waals surface area contributed by atoms with E-state index in [1.165, 1.54) is 17.4 Å². The number of carbonyl (C=O) groups excluding carboxylic acids is 2. The Morgan fingerprint density at radius 3 is 2.52 bits per heavy atom. The van der Waals surface area contributed by atoms with Crippen molar-refractivity contribution >= 4 is 11.8 Å². The fourth-order valence-electron chi connectivity index (χ4n) is 4.14. The van der Waals surface area contributed by atoms with Crippen molar-refractivity contribution in [2.45, 2.75) is 32.7 Å². The second-order valence-corrected chi connectivity index (χ2v) is 8.26. The lowest BCUT2D eigenvalue weighted by Crippen LogP contribution is -2.46. The molecule has 2 heterocycles. The van der Waals surface area contributed by atoms with Crippen molar-refractivity contribution in [1.29, 1.82) is 0 Å². The molecular formula is C26H28N2O3. The first-order valence-corrected chi connectivity index (χ1v) is 10.8. The highest BCUT2D eigenvalue weighted by molar-refractivity contribution is 5.92. The van der Waals surface area contributed by atoms with Gasteiger partial charge in [-0.25, -0.2) is 0 Å². The number of hydrogen-bond acceptors (Lipinski definition) is 3. The number of hydrogen-bond donors (Lipinski definition) is 1. The molecule has 2 amide bonds. The van der Waals surface area contributed by atoms with Gasteiger partial charge in [-0.2, -0.15) is 0 Å². The average molecular weight is 417 g/mol. The SMILES string of the molecule is Cc1ccc(C(NC(=O)C2CCCN(C(=O)c3ccco3)C2)c2ccccc2)cc1C. The number of aryl methyl sites for hydroxylation is 2. The van der Waals surface area contributed by atoms with Crippen molar-refractivity contribution in [3.8, 4) is 0 Å². The number of benzene rings is 2. The molecule has 5 heteroatoms. The summed E-state index contributed by atoms with van der Waals surface area (Å²) in [5.41, 5.74) is 4.52. The van der Waals surface area contributed by atoms with Crippen LogP contribution in [0.25, 0.3) is 0 Å². The zero-order valence-electron chi connectivity index (χ0n) is 18.0. The summed E-state index contributed by atoms with van der Waals surface area (Å²) in [7, 11) is 0. The van der Waals surface area contributed by atoms with Crippen LogP contribution >= 0.6 is 0 Å². The zero-order chi connectivity index (χ0) is 21.8. The van der Waals surface area contributed by atoms with E-state index in [4.69, 9.17) is 4.42 Å². The quantitative estimate of drug-likeness (QED) is 0.658.